The van der Waals surface area contributed by atoms with Gasteiger partial charge in [0.15, 0.2) is 0 Å². The Morgan fingerprint density at radius 3 is 2.62 bits per heavy atom. The molecular weight excluding hydrogens is 264 g/mol. The molecule has 4 heteroatoms. The molecule has 0 aromatic heterocycles. The van der Waals surface area contributed by atoms with E-state index < -0.39 is 0 Å². The highest BCUT2D eigenvalue weighted by Crippen LogP contribution is 2.24. The van der Waals surface area contributed by atoms with Gasteiger partial charge in [-0.1, -0.05) is 24.3 Å². The molecule has 0 aliphatic rings. The van der Waals surface area contributed by atoms with Gasteiger partial charge in [0.1, 0.15) is 0 Å². The van der Waals surface area contributed by atoms with Crippen molar-refractivity contribution in [1.29, 1.82) is 0 Å². The number of hydrogen-bond acceptors (Lipinski definition) is 3. The number of carbonyl (C=O) groups excluding carboxylic acids is 1. The van der Waals surface area contributed by atoms with E-state index in [1.165, 1.54) is 0 Å². The molecule has 0 heterocycles. The van der Waals surface area contributed by atoms with Gasteiger partial charge in [0.2, 0.25) is 0 Å². The first kappa shape index (κ1) is 15.1. The van der Waals surface area contributed by atoms with Crippen LogP contribution >= 0.6 is 0 Å². The molecular formula is C17H20N2O2. The predicted octanol–water partition coefficient (Wildman–Crippen LogP) is 3.15. The number of ether oxygens (including phenoxy) is 1. The molecule has 1 amide bonds. The van der Waals surface area contributed by atoms with Gasteiger partial charge in [0.25, 0.3) is 5.91 Å². The quantitative estimate of drug-likeness (QED) is 0.917. The SMILES string of the molecule is COCc1cccc(C(=O)Nc2ccccc2N(C)C)c1. The van der Waals surface area contributed by atoms with E-state index in [1.807, 2.05) is 61.5 Å². The maximum atomic E-state index is 12.4. The monoisotopic (exact) mass is 284 g/mol. The summed E-state index contributed by atoms with van der Waals surface area (Å²) in [7, 11) is 5.54. The molecule has 0 saturated heterocycles. The van der Waals surface area contributed by atoms with Gasteiger partial charge in [0, 0.05) is 26.8 Å². The van der Waals surface area contributed by atoms with Crippen molar-refractivity contribution in [3.8, 4) is 0 Å². The van der Waals surface area contributed by atoms with Crippen LogP contribution < -0.4 is 10.2 Å². The zero-order valence-corrected chi connectivity index (χ0v) is 12.6. The molecule has 2 rings (SSSR count). The standard InChI is InChI=1S/C17H20N2O2/c1-19(2)16-10-5-4-9-15(16)18-17(20)14-8-6-7-13(11-14)12-21-3/h4-11H,12H2,1-3H3,(H,18,20). The van der Waals surface area contributed by atoms with Crippen LogP contribution in [-0.2, 0) is 11.3 Å². The van der Waals surface area contributed by atoms with Crippen LogP contribution in [0.1, 0.15) is 15.9 Å². The molecule has 0 spiro atoms. The summed E-state index contributed by atoms with van der Waals surface area (Å²) in [6.45, 7) is 0.495. The summed E-state index contributed by atoms with van der Waals surface area (Å²) in [5, 5.41) is 2.96. The van der Waals surface area contributed by atoms with Crippen molar-refractivity contribution in [2.45, 2.75) is 6.61 Å². The van der Waals surface area contributed by atoms with Crippen molar-refractivity contribution < 1.29 is 9.53 Å². The van der Waals surface area contributed by atoms with Gasteiger partial charge in [0.05, 0.1) is 18.0 Å². The molecule has 0 saturated carbocycles. The van der Waals surface area contributed by atoms with Crippen LogP contribution in [0.25, 0.3) is 0 Å². The molecule has 1 N–H and O–H groups in total. The van der Waals surface area contributed by atoms with Gasteiger partial charge in [-0.3, -0.25) is 4.79 Å². The minimum atomic E-state index is -0.123. The Kier molecular flexibility index (Phi) is 4.95. The maximum absolute atomic E-state index is 12.4. The lowest BCUT2D eigenvalue weighted by Gasteiger charge is -2.17. The molecule has 0 aliphatic heterocycles. The Hall–Kier alpha value is -2.33. The summed E-state index contributed by atoms with van der Waals surface area (Å²) in [4.78, 5) is 14.3. The van der Waals surface area contributed by atoms with Crippen molar-refractivity contribution in [2.75, 3.05) is 31.4 Å². The van der Waals surface area contributed by atoms with E-state index in [4.69, 9.17) is 4.74 Å². The van der Waals surface area contributed by atoms with Crippen LogP contribution in [0.3, 0.4) is 0 Å². The summed E-state index contributed by atoms with van der Waals surface area (Å²) < 4.78 is 5.09. The maximum Gasteiger partial charge on any atom is 0.255 e. The minimum absolute atomic E-state index is 0.123. The number of anilines is 2. The Labute approximate surface area is 125 Å². The second-order valence-electron chi connectivity index (χ2n) is 5.00. The highest BCUT2D eigenvalue weighted by Gasteiger charge is 2.10. The normalized spacial score (nSPS) is 10.2. The fraction of sp³-hybridized carbons (Fsp3) is 0.235. The average molecular weight is 284 g/mol. The summed E-state index contributed by atoms with van der Waals surface area (Å²) in [5.41, 5.74) is 3.37. The number of carbonyl (C=O) groups is 1. The largest absolute Gasteiger partial charge is 0.380 e. The zero-order valence-electron chi connectivity index (χ0n) is 12.6. The van der Waals surface area contributed by atoms with Crippen LogP contribution in [0.4, 0.5) is 11.4 Å². The second-order valence-corrected chi connectivity index (χ2v) is 5.00. The van der Waals surface area contributed by atoms with Crippen molar-refractivity contribution in [3.63, 3.8) is 0 Å². The van der Waals surface area contributed by atoms with Gasteiger partial charge in [-0.15, -0.1) is 0 Å². The zero-order chi connectivity index (χ0) is 15.2. The van der Waals surface area contributed by atoms with E-state index in [9.17, 15) is 4.79 Å². The van der Waals surface area contributed by atoms with E-state index in [1.54, 1.807) is 13.2 Å². The number of methoxy groups -OCH3 is 1. The fourth-order valence-corrected chi connectivity index (χ4v) is 2.13. The molecule has 4 nitrogen and oxygen atoms in total. The Bertz CT molecular complexity index is 624. The van der Waals surface area contributed by atoms with Crippen molar-refractivity contribution in [3.05, 3.63) is 59.7 Å². The molecule has 2 aromatic rings. The van der Waals surface area contributed by atoms with Gasteiger partial charge in [-0.2, -0.15) is 0 Å². The first-order chi connectivity index (χ1) is 10.1. The summed E-state index contributed by atoms with van der Waals surface area (Å²) >= 11 is 0. The van der Waals surface area contributed by atoms with Crippen molar-refractivity contribution in [2.24, 2.45) is 0 Å². The summed E-state index contributed by atoms with van der Waals surface area (Å²) in [6, 6.07) is 15.2. The van der Waals surface area contributed by atoms with Crippen LogP contribution in [0, 0.1) is 0 Å². The number of nitrogens with zero attached hydrogens (tertiary/aromatic N) is 1. The minimum Gasteiger partial charge on any atom is -0.380 e. The molecule has 0 unspecified atom stereocenters. The van der Waals surface area contributed by atoms with E-state index in [0.717, 1.165) is 16.9 Å². The lowest BCUT2D eigenvalue weighted by Crippen LogP contribution is -2.16. The summed E-state index contributed by atoms with van der Waals surface area (Å²) in [5.74, 6) is -0.123. The van der Waals surface area contributed by atoms with Gasteiger partial charge < -0.3 is 15.0 Å². The molecule has 0 radical (unpaired) electrons. The van der Waals surface area contributed by atoms with Crippen LogP contribution in [0.2, 0.25) is 0 Å². The molecule has 0 aliphatic carbocycles. The highest BCUT2D eigenvalue weighted by molar-refractivity contribution is 6.06. The van der Waals surface area contributed by atoms with Gasteiger partial charge >= 0.3 is 0 Å². The summed E-state index contributed by atoms with van der Waals surface area (Å²) in [6.07, 6.45) is 0. The fourth-order valence-electron chi connectivity index (χ4n) is 2.13. The number of amides is 1. The van der Waals surface area contributed by atoms with Gasteiger partial charge in [-0.05, 0) is 29.8 Å². The molecule has 2 aromatic carbocycles. The Morgan fingerprint density at radius 2 is 1.90 bits per heavy atom. The Balaban J connectivity index is 2.20. The lowest BCUT2D eigenvalue weighted by atomic mass is 10.1. The number of rotatable bonds is 5. The number of hydrogen-bond donors (Lipinski definition) is 1. The first-order valence-electron chi connectivity index (χ1n) is 6.77. The lowest BCUT2D eigenvalue weighted by molar-refractivity contribution is 0.102. The van der Waals surface area contributed by atoms with E-state index in [2.05, 4.69) is 5.32 Å². The van der Waals surface area contributed by atoms with Gasteiger partial charge in [-0.25, -0.2) is 0 Å². The van der Waals surface area contributed by atoms with Crippen molar-refractivity contribution >= 4 is 17.3 Å². The molecule has 0 fully saturated rings. The van der Waals surface area contributed by atoms with E-state index in [-0.39, 0.29) is 5.91 Å². The molecule has 21 heavy (non-hydrogen) atoms. The van der Waals surface area contributed by atoms with E-state index >= 15 is 0 Å². The third-order valence-electron chi connectivity index (χ3n) is 3.13. The first-order valence-corrected chi connectivity index (χ1v) is 6.77. The number of benzene rings is 2. The molecule has 0 bridgehead atoms. The average Bonchev–Trinajstić information content (AvgIpc) is 2.48. The number of para-hydroxylation sites is 2. The number of nitrogens with one attached hydrogen (secondary N) is 1. The molecule has 110 valence electrons. The van der Waals surface area contributed by atoms with E-state index in [0.29, 0.717) is 12.2 Å². The third-order valence-corrected chi connectivity index (χ3v) is 3.13. The molecule has 0 atom stereocenters. The smallest absolute Gasteiger partial charge is 0.255 e. The van der Waals surface area contributed by atoms with Crippen LogP contribution in [-0.4, -0.2) is 27.1 Å². The highest BCUT2D eigenvalue weighted by atomic mass is 16.5. The second kappa shape index (κ2) is 6.90. The third kappa shape index (κ3) is 3.83. The Morgan fingerprint density at radius 1 is 1.14 bits per heavy atom. The topological polar surface area (TPSA) is 41.6 Å². The predicted molar refractivity (Wildman–Crippen MR) is 85.9 cm³/mol. The van der Waals surface area contributed by atoms with Crippen molar-refractivity contribution in [1.82, 2.24) is 0 Å². The van der Waals surface area contributed by atoms with Crippen LogP contribution in [0.15, 0.2) is 48.5 Å². The van der Waals surface area contributed by atoms with Crippen LogP contribution in [0.5, 0.6) is 0 Å².